The number of halogens is 3. The molecule has 0 radical (unpaired) electrons. The lowest BCUT2D eigenvalue weighted by Gasteiger charge is -2.07. The lowest BCUT2D eigenvalue weighted by Crippen LogP contribution is -2.03. The van der Waals surface area contributed by atoms with Crippen molar-refractivity contribution in [1.29, 1.82) is 0 Å². The van der Waals surface area contributed by atoms with E-state index in [-0.39, 0.29) is 6.42 Å². The molecule has 30 heavy (non-hydrogen) atoms. The van der Waals surface area contributed by atoms with Gasteiger partial charge in [0.2, 0.25) is 0 Å². The zero-order chi connectivity index (χ0) is 21.9. The van der Waals surface area contributed by atoms with Gasteiger partial charge < -0.3 is 5.11 Å². The average Bonchev–Trinajstić information content (AvgIpc) is 3.04. The number of rotatable bonds is 7. The first-order valence-electron chi connectivity index (χ1n) is 9.21. The summed E-state index contributed by atoms with van der Waals surface area (Å²) in [4.78, 5) is 17.5. The first kappa shape index (κ1) is 22.4. The van der Waals surface area contributed by atoms with Gasteiger partial charge in [-0.15, -0.1) is 23.1 Å². The van der Waals surface area contributed by atoms with Gasteiger partial charge in [-0.3, -0.25) is 4.79 Å². The number of thioether (sulfide) groups is 1. The Labute approximate surface area is 181 Å². The zero-order valence-electron chi connectivity index (χ0n) is 16.4. The van der Waals surface area contributed by atoms with E-state index < -0.39 is 17.7 Å². The van der Waals surface area contributed by atoms with Crippen LogP contribution in [0.3, 0.4) is 0 Å². The number of benzene rings is 2. The molecule has 0 spiro atoms. The normalized spacial score (nSPS) is 11.6. The monoisotopic (exact) mass is 451 g/mol. The van der Waals surface area contributed by atoms with Crippen LogP contribution >= 0.6 is 23.1 Å². The van der Waals surface area contributed by atoms with Crippen LogP contribution in [0.15, 0.2) is 47.4 Å². The molecule has 0 aliphatic carbocycles. The molecule has 0 atom stereocenters. The molecule has 1 aromatic heterocycles. The van der Waals surface area contributed by atoms with Gasteiger partial charge in [0.05, 0.1) is 11.3 Å². The largest absolute Gasteiger partial charge is 0.481 e. The molecule has 0 fully saturated rings. The maximum Gasteiger partial charge on any atom is 0.416 e. The molecular weight excluding hydrogens is 431 g/mol. The van der Waals surface area contributed by atoms with Crippen LogP contribution in [0, 0.1) is 13.8 Å². The minimum absolute atomic E-state index is 0.0952. The molecule has 0 aliphatic heterocycles. The second-order valence-corrected chi connectivity index (χ2v) is 9.07. The van der Waals surface area contributed by atoms with Crippen molar-refractivity contribution in [2.45, 2.75) is 43.5 Å². The molecule has 3 rings (SSSR count). The summed E-state index contributed by atoms with van der Waals surface area (Å²) in [7, 11) is 0. The van der Waals surface area contributed by atoms with Crippen molar-refractivity contribution >= 4 is 29.1 Å². The van der Waals surface area contributed by atoms with E-state index in [9.17, 15) is 18.0 Å². The van der Waals surface area contributed by atoms with Crippen molar-refractivity contribution in [3.05, 3.63) is 69.7 Å². The van der Waals surface area contributed by atoms with Crippen molar-refractivity contribution in [3.8, 4) is 10.6 Å². The third kappa shape index (κ3) is 5.86. The van der Waals surface area contributed by atoms with E-state index in [1.807, 2.05) is 26.0 Å². The van der Waals surface area contributed by atoms with Crippen LogP contribution in [0.4, 0.5) is 13.2 Å². The topological polar surface area (TPSA) is 50.2 Å². The molecule has 3 nitrogen and oxygen atoms in total. The van der Waals surface area contributed by atoms with Crippen LogP contribution in [0.25, 0.3) is 10.6 Å². The van der Waals surface area contributed by atoms with Gasteiger partial charge in [0, 0.05) is 27.5 Å². The molecular formula is C22H20F3NO2S2. The van der Waals surface area contributed by atoms with Crippen LogP contribution in [0.1, 0.15) is 33.7 Å². The van der Waals surface area contributed by atoms with E-state index in [1.54, 1.807) is 11.8 Å². The molecule has 0 saturated heterocycles. The molecule has 2 aromatic carbocycles. The highest BCUT2D eigenvalue weighted by atomic mass is 32.2. The first-order chi connectivity index (χ1) is 14.1. The van der Waals surface area contributed by atoms with Crippen molar-refractivity contribution in [2.24, 2.45) is 0 Å². The van der Waals surface area contributed by atoms with E-state index in [2.05, 4.69) is 11.1 Å². The first-order valence-corrected chi connectivity index (χ1v) is 11.0. The maximum atomic E-state index is 12.8. The van der Waals surface area contributed by atoms with E-state index in [1.165, 1.54) is 23.5 Å². The summed E-state index contributed by atoms with van der Waals surface area (Å²) in [6.07, 6.45) is -3.77. The van der Waals surface area contributed by atoms with Gasteiger partial charge in [0.1, 0.15) is 5.01 Å². The van der Waals surface area contributed by atoms with E-state index in [0.717, 1.165) is 38.7 Å². The highest BCUT2D eigenvalue weighted by Crippen LogP contribution is 2.35. The molecule has 8 heteroatoms. The van der Waals surface area contributed by atoms with Crippen LogP contribution < -0.4 is 0 Å². The predicted molar refractivity (Wildman–Crippen MR) is 114 cm³/mol. The van der Waals surface area contributed by atoms with Gasteiger partial charge in [-0.05, 0) is 55.7 Å². The summed E-state index contributed by atoms with van der Waals surface area (Å²) in [6.45, 7) is 3.88. The highest BCUT2D eigenvalue weighted by Gasteiger charge is 2.30. The number of aromatic nitrogens is 1. The third-order valence-electron chi connectivity index (χ3n) is 4.46. The average molecular weight is 452 g/mol. The Morgan fingerprint density at radius 3 is 2.47 bits per heavy atom. The fourth-order valence-corrected chi connectivity index (χ4v) is 5.23. The molecule has 0 unspecified atom stereocenters. The van der Waals surface area contributed by atoms with Gasteiger partial charge in [-0.25, -0.2) is 4.98 Å². The van der Waals surface area contributed by atoms with Gasteiger partial charge >= 0.3 is 12.1 Å². The Morgan fingerprint density at radius 1 is 1.13 bits per heavy atom. The van der Waals surface area contributed by atoms with Crippen molar-refractivity contribution in [1.82, 2.24) is 4.98 Å². The smallest absolute Gasteiger partial charge is 0.416 e. The fourth-order valence-electron chi connectivity index (χ4n) is 2.94. The fraction of sp³-hybridized carbons (Fsp3) is 0.273. The SMILES string of the molecule is Cc1cc(CCC(=O)O)cc(SCc2sc(-c3ccc(C(F)(F)F)cc3)nc2C)c1. The lowest BCUT2D eigenvalue weighted by atomic mass is 10.1. The number of carboxylic acid groups (broad SMARTS) is 1. The summed E-state index contributed by atoms with van der Waals surface area (Å²) in [5.41, 5.74) is 2.92. The summed E-state index contributed by atoms with van der Waals surface area (Å²) in [6, 6.07) is 11.1. The number of carbonyl (C=O) groups is 1. The molecule has 3 aromatic rings. The number of carboxylic acids is 1. The van der Waals surface area contributed by atoms with Gasteiger partial charge in [0.25, 0.3) is 0 Å². The number of hydrogen-bond acceptors (Lipinski definition) is 4. The minimum Gasteiger partial charge on any atom is -0.481 e. The molecule has 158 valence electrons. The van der Waals surface area contributed by atoms with Crippen molar-refractivity contribution in [3.63, 3.8) is 0 Å². The third-order valence-corrected chi connectivity index (χ3v) is 6.85. The molecule has 0 amide bonds. The maximum absolute atomic E-state index is 12.8. The number of nitrogens with zero attached hydrogens (tertiary/aromatic N) is 1. The van der Waals surface area contributed by atoms with Crippen molar-refractivity contribution < 1.29 is 23.1 Å². The minimum atomic E-state index is -4.35. The lowest BCUT2D eigenvalue weighted by molar-refractivity contribution is -0.138. The van der Waals surface area contributed by atoms with Gasteiger partial charge in [-0.1, -0.05) is 18.2 Å². The standard InChI is InChI=1S/C22H20F3NO2S2/c1-13-9-15(3-8-20(27)28)11-18(10-13)29-12-19-14(2)26-21(30-19)16-4-6-17(7-5-16)22(23,24)25/h4-7,9-11H,3,8,12H2,1-2H3,(H,27,28). The predicted octanol–water partition coefficient (Wildman–Crippen LogP) is 6.76. The quantitative estimate of drug-likeness (QED) is 0.404. The Kier molecular flexibility index (Phi) is 6.88. The number of alkyl halides is 3. The van der Waals surface area contributed by atoms with Crippen LogP contribution in [0.2, 0.25) is 0 Å². The van der Waals surface area contributed by atoms with Crippen LogP contribution in [-0.2, 0) is 23.1 Å². The van der Waals surface area contributed by atoms with E-state index in [0.29, 0.717) is 22.7 Å². The highest BCUT2D eigenvalue weighted by molar-refractivity contribution is 7.98. The van der Waals surface area contributed by atoms with E-state index in [4.69, 9.17) is 5.11 Å². The van der Waals surface area contributed by atoms with Gasteiger partial charge in [-0.2, -0.15) is 13.2 Å². The molecule has 0 bridgehead atoms. The summed E-state index contributed by atoms with van der Waals surface area (Å²) < 4.78 is 38.3. The van der Waals surface area contributed by atoms with Crippen LogP contribution in [-0.4, -0.2) is 16.1 Å². The summed E-state index contributed by atoms with van der Waals surface area (Å²) >= 11 is 3.12. The Morgan fingerprint density at radius 2 is 1.83 bits per heavy atom. The summed E-state index contributed by atoms with van der Waals surface area (Å²) in [5, 5.41) is 9.58. The number of aliphatic carboxylic acids is 1. The second-order valence-electron chi connectivity index (χ2n) is 6.94. The van der Waals surface area contributed by atoms with E-state index >= 15 is 0 Å². The van der Waals surface area contributed by atoms with Crippen LogP contribution in [0.5, 0.6) is 0 Å². The zero-order valence-corrected chi connectivity index (χ0v) is 18.0. The Bertz CT molecular complexity index is 1040. The molecule has 0 aliphatic rings. The molecule has 1 N–H and O–H groups in total. The second kappa shape index (κ2) is 9.22. The Hall–Kier alpha value is -2.32. The number of hydrogen-bond donors (Lipinski definition) is 1. The molecule has 1 heterocycles. The van der Waals surface area contributed by atoms with Gasteiger partial charge in [0.15, 0.2) is 0 Å². The Balaban J connectivity index is 1.72. The number of thiazole rings is 1. The van der Waals surface area contributed by atoms with Crippen molar-refractivity contribution in [2.75, 3.05) is 0 Å². The summed E-state index contributed by atoms with van der Waals surface area (Å²) in [5.74, 6) is -0.131. The number of aryl methyl sites for hydroxylation is 3. The molecule has 0 saturated carbocycles.